The average Bonchev–Trinajstić information content (AvgIpc) is 2.88. The van der Waals surface area contributed by atoms with E-state index in [0.29, 0.717) is 25.9 Å². The van der Waals surface area contributed by atoms with Gasteiger partial charge < -0.3 is 14.9 Å². The second-order valence-electron chi connectivity index (χ2n) is 5.24. The first-order valence-electron chi connectivity index (χ1n) is 7.17. The predicted octanol–water partition coefficient (Wildman–Crippen LogP) is 0.814. The molecule has 20 heavy (non-hydrogen) atoms. The van der Waals surface area contributed by atoms with Gasteiger partial charge in [0.05, 0.1) is 18.4 Å². The van der Waals surface area contributed by atoms with Crippen LogP contribution in [-0.4, -0.2) is 59.4 Å². The summed E-state index contributed by atoms with van der Waals surface area (Å²) in [5.41, 5.74) is 0. The lowest BCUT2D eigenvalue weighted by Gasteiger charge is -2.26. The molecule has 1 fully saturated rings. The lowest BCUT2D eigenvalue weighted by atomic mass is 9.95. The first-order valence-corrected chi connectivity index (χ1v) is 7.17. The van der Waals surface area contributed by atoms with Gasteiger partial charge in [-0.1, -0.05) is 6.42 Å². The zero-order valence-corrected chi connectivity index (χ0v) is 12.5. The van der Waals surface area contributed by atoms with Crippen molar-refractivity contribution in [3.05, 3.63) is 0 Å². The van der Waals surface area contributed by atoms with Gasteiger partial charge >= 0.3 is 5.97 Å². The van der Waals surface area contributed by atoms with E-state index in [1.54, 1.807) is 11.9 Å². The van der Waals surface area contributed by atoms with Crippen LogP contribution in [0.15, 0.2) is 0 Å². The molecule has 0 aromatic rings. The Morgan fingerprint density at radius 2 is 1.65 bits per heavy atom. The second kappa shape index (κ2) is 7.26. The van der Waals surface area contributed by atoms with Crippen LogP contribution in [-0.2, 0) is 14.4 Å². The van der Waals surface area contributed by atoms with Crippen LogP contribution in [0.4, 0.5) is 0 Å². The highest BCUT2D eigenvalue weighted by atomic mass is 16.4. The highest BCUT2D eigenvalue weighted by molar-refractivity contribution is 5.88. The third-order valence-electron chi connectivity index (χ3n) is 4.02. The molecule has 0 aromatic carbocycles. The number of hydrogen-bond acceptors (Lipinski definition) is 3. The van der Waals surface area contributed by atoms with Gasteiger partial charge in [0.1, 0.15) is 0 Å². The van der Waals surface area contributed by atoms with Crippen molar-refractivity contribution in [2.75, 3.05) is 26.7 Å². The van der Waals surface area contributed by atoms with Crippen molar-refractivity contribution >= 4 is 17.8 Å². The van der Waals surface area contributed by atoms with Crippen molar-refractivity contribution < 1.29 is 19.5 Å². The number of aliphatic carboxylic acids is 1. The largest absolute Gasteiger partial charge is 0.481 e. The molecule has 2 amide bonds. The summed E-state index contributed by atoms with van der Waals surface area (Å²) in [6.45, 7) is 5.02. The van der Waals surface area contributed by atoms with E-state index in [4.69, 9.17) is 5.11 Å². The summed E-state index contributed by atoms with van der Waals surface area (Å²) in [4.78, 5) is 38.4. The molecule has 0 bridgehead atoms. The second-order valence-corrected chi connectivity index (χ2v) is 5.24. The van der Waals surface area contributed by atoms with Gasteiger partial charge in [0.25, 0.3) is 0 Å². The van der Waals surface area contributed by atoms with Crippen LogP contribution < -0.4 is 0 Å². The first-order chi connectivity index (χ1) is 9.42. The number of likely N-dealkylation sites (N-methyl/N-ethyl adjacent to an activating group) is 2. The molecule has 1 saturated carbocycles. The fraction of sp³-hybridized carbons (Fsp3) is 0.786. The summed E-state index contributed by atoms with van der Waals surface area (Å²) in [6.07, 6.45) is 1.90. The van der Waals surface area contributed by atoms with Crippen LogP contribution in [0.25, 0.3) is 0 Å². The van der Waals surface area contributed by atoms with Gasteiger partial charge in [-0.05, 0) is 26.7 Å². The van der Waals surface area contributed by atoms with Gasteiger partial charge in [0.15, 0.2) is 0 Å². The van der Waals surface area contributed by atoms with E-state index in [2.05, 4.69) is 0 Å². The summed E-state index contributed by atoms with van der Waals surface area (Å²) in [5, 5.41) is 9.11. The number of carboxylic acids is 1. The topological polar surface area (TPSA) is 77.9 Å². The molecule has 2 atom stereocenters. The molecule has 0 spiro atoms. The molecule has 0 aliphatic heterocycles. The van der Waals surface area contributed by atoms with Crippen molar-refractivity contribution in [3.8, 4) is 0 Å². The van der Waals surface area contributed by atoms with E-state index >= 15 is 0 Å². The molecule has 0 unspecified atom stereocenters. The van der Waals surface area contributed by atoms with Gasteiger partial charge in [0, 0.05) is 20.1 Å². The van der Waals surface area contributed by atoms with Crippen LogP contribution in [0.1, 0.15) is 33.1 Å². The van der Waals surface area contributed by atoms with Crippen LogP contribution >= 0.6 is 0 Å². The van der Waals surface area contributed by atoms with Crippen molar-refractivity contribution in [2.45, 2.75) is 33.1 Å². The van der Waals surface area contributed by atoms with Crippen molar-refractivity contribution in [1.29, 1.82) is 0 Å². The number of carbonyl (C=O) groups excluding carboxylic acids is 2. The first kappa shape index (κ1) is 16.5. The predicted molar refractivity (Wildman–Crippen MR) is 74.0 cm³/mol. The van der Waals surface area contributed by atoms with E-state index in [0.717, 1.165) is 6.42 Å². The molecule has 1 rings (SSSR count). The highest BCUT2D eigenvalue weighted by Crippen LogP contribution is 2.33. The van der Waals surface area contributed by atoms with Crippen LogP contribution in [0, 0.1) is 11.8 Å². The van der Waals surface area contributed by atoms with Crippen molar-refractivity contribution in [3.63, 3.8) is 0 Å². The monoisotopic (exact) mass is 284 g/mol. The highest BCUT2D eigenvalue weighted by Gasteiger charge is 2.39. The molecule has 6 nitrogen and oxygen atoms in total. The molecule has 0 heterocycles. The molecule has 0 radical (unpaired) electrons. The molecule has 1 aliphatic carbocycles. The van der Waals surface area contributed by atoms with Crippen LogP contribution in [0.3, 0.4) is 0 Å². The Morgan fingerprint density at radius 1 is 1.10 bits per heavy atom. The Kier molecular flexibility index (Phi) is 5.98. The number of hydrogen-bond donors (Lipinski definition) is 1. The van der Waals surface area contributed by atoms with E-state index in [1.165, 1.54) is 4.90 Å². The third-order valence-corrected chi connectivity index (χ3v) is 4.02. The van der Waals surface area contributed by atoms with Crippen LogP contribution in [0.5, 0.6) is 0 Å². The van der Waals surface area contributed by atoms with Gasteiger partial charge in [-0.15, -0.1) is 0 Å². The van der Waals surface area contributed by atoms with E-state index in [9.17, 15) is 14.4 Å². The summed E-state index contributed by atoms with van der Waals surface area (Å²) in [7, 11) is 1.57. The molecular weight excluding hydrogens is 260 g/mol. The Bertz CT molecular complexity index is 379. The SMILES string of the molecule is CCN(CC)C(=O)CN(C)C(=O)[C@@H]1CCC[C@@H]1C(=O)O. The van der Waals surface area contributed by atoms with Gasteiger partial charge in [-0.2, -0.15) is 0 Å². The van der Waals surface area contributed by atoms with Gasteiger partial charge in [-0.25, -0.2) is 0 Å². The van der Waals surface area contributed by atoms with Gasteiger partial charge in [0.2, 0.25) is 11.8 Å². The number of carboxylic acid groups (broad SMARTS) is 1. The molecular formula is C14H24N2O4. The maximum absolute atomic E-state index is 12.3. The van der Waals surface area contributed by atoms with E-state index in [1.807, 2.05) is 13.8 Å². The molecule has 1 aliphatic rings. The Balaban J connectivity index is 2.63. The van der Waals surface area contributed by atoms with Gasteiger partial charge in [-0.3, -0.25) is 14.4 Å². The number of carbonyl (C=O) groups is 3. The van der Waals surface area contributed by atoms with Crippen molar-refractivity contribution in [2.24, 2.45) is 11.8 Å². The fourth-order valence-electron chi connectivity index (χ4n) is 2.79. The standard InChI is InChI=1S/C14H24N2O4/c1-4-16(5-2)12(17)9-15(3)13(18)10-7-6-8-11(10)14(19)20/h10-11H,4-9H2,1-3H3,(H,19,20)/t10-,11+/m1/s1. The summed E-state index contributed by atoms with van der Waals surface area (Å²) in [5.74, 6) is -2.33. The summed E-state index contributed by atoms with van der Waals surface area (Å²) in [6, 6.07) is 0. The number of amides is 2. The maximum Gasteiger partial charge on any atom is 0.307 e. The smallest absolute Gasteiger partial charge is 0.307 e. The number of rotatable bonds is 6. The van der Waals surface area contributed by atoms with E-state index in [-0.39, 0.29) is 18.4 Å². The molecule has 6 heteroatoms. The average molecular weight is 284 g/mol. The molecule has 114 valence electrons. The number of nitrogens with zero attached hydrogens (tertiary/aromatic N) is 2. The third kappa shape index (κ3) is 3.71. The Hall–Kier alpha value is -1.59. The minimum atomic E-state index is -0.913. The fourth-order valence-corrected chi connectivity index (χ4v) is 2.79. The lowest BCUT2D eigenvalue weighted by Crippen LogP contribution is -2.44. The van der Waals surface area contributed by atoms with Crippen molar-refractivity contribution in [1.82, 2.24) is 9.80 Å². The quantitative estimate of drug-likeness (QED) is 0.783. The summed E-state index contributed by atoms with van der Waals surface area (Å²) >= 11 is 0. The minimum Gasteiger partial charge on any atom is -0.481 e. The van der Waals surface area contributed by atoms with Crippen LogP contribution in [0.2, 0.25) is 0 Å². The zero-order chi connectivity index (χ0) is 15.3. The lowest BCUT2D eigenvalue weighted by molar-refractivity contribution is -0.149. The molecule has 1 N–H and O–H groups in total. The zero-order valence-electron chi connectivity index (χ0n) is 12.5. The Morgan fingerprint density at radius 3 is 2.15 bits per heavy atom. The molecule has 0 saturated heterocycles. The maximum atomic E-state index is 12.3. The normalized spacial score (nSPS) is 21.6. The van der Waals surface area contributed by atoms with E-state index < -0.39 is 17.8 Å². The Labute approximate surface area is 119 Å². The summed E-state index contributed by atoms with van der Waals surface area (Å²) < 4.78 is 0. The molecule has 0 aromatic heterocycles. The minimum absolute atomic E-state index is 0.0172.